The van der Waals surface area contributed by atoms with Crippen molar-refractivity contribution in [2.24, 2.45) is 12.5 Å². The Labute approximate surface area is 113 Å². The van der Waals surface area contributed by atoms with Crippen LogP contribution in [0.4, 0.5) is 0 Å². The number of rotatable bonds is 3. The number of hydrogen-bond donors (Lipinski definition) is 1. The van der Waals surface area contributed by atoms with Crippen LogP contribution in [-0.2, 0) is 18.3 Å². The van der Waals surface area contributed by atoms with E-state index in [1.54, 1.807) is 11.7 Å². The number of piperidine rings is 1. The van der Waals surface area contributed by atoms with Crippen molar-refractivity contribution in [3.8, 4) is 0 Å². The molecule has 2 rings (SSSR count). The predicted molar refractivity (Wildman–Crippen MR) is 71.9 cm³/mol. The van der Waals surface area contributed by atoms with Crippen LogP contribution in [0.2, 0.25) is 5.15 Å². The van der Waals surface area contributed by atoms with Crippen molar-refractivity contribution >= 4 is 17.4 Å². The van der Waals surface area contributed by atoms with E-state index in [2.05, 4.69) is 17.3 Å². The first-order chi connectivity index (χ1) is 8.44. The standard InChI is InChI=1S/C13H20ClN3O/c1-9-10(12(14)17(3)16-9)8-11(18)13(2)4-6-15-7-5-13/h15H,4-8H2,1-3H3. The predicted octanol–water partition coefficient (Wildman–Crippen LogP) is 1.88. The molecule has 1 aromatic heterocycles. The second-order valence-electron chi connectivity index (χ2n) is 5.39. The summed E-state index contributed by atoms with van der Waals surface area (Å²) in [7, 11) is 1.80. The summed E-state index contributed by atoms with van der Waals surface area (Å²) >= 11 is 6.18. The molecule has 1 fully saturated rings. The van der Waals surface area contributed by atoms with Crippen LogP contribution >= 0.6 is 11.6 Å². The highest BCUT2D eigenvalue weighted by Gasteiger charge is 2.34. The lowest BCUT2D eigenvalue weighted by molar-refractivity contribution is -0.128. The molecular weight excluding hydrogens is 250 g/mol. The van der Waals surface area contributed by atoms with Crippen LogP contribution in [0.25, 0.3) is 0 Å². The van der Waals surface area contributed by atoms with Crippen LogP contribution in [0.3, 0.4) is 0 Å². The van der Waals surface area contributed by atoms with Gasteiger partial charge in [0.15, 0.2) is 0 Å². The lowest BCUT2D eigenvalue weighted by Crippen LogP contribution is -2.40. The minimum atomic E-state index is -0.211. The van der Waals surface area contributed by atoms with Crippen LogP contribution in [0.15, 0.2) is 0 Å². The fourth-order valence-corrected chi connectivity index (χ4v) is 2.75. The Morgan fingerprint density at radius 2 is 2.11 bits per heavy atom. The smallest absolute Gasteiger partial charge is 0.143 e. The van der Waals surface area contributed by atoms with Crippen molar-refractivity contribution in [1.82, 2.24) is 15.1 Å². The van der Waals surface area contributed by atoms with Gasteiger partial charge in [0.2, 0.25) is 0 Å². The number of aryl methyl sites for hydroxylation is 2. The summed E-state index contributed by atoms with van der Waals surface area (Å²) < 4.78 is 1.63. The van der Waals surface area contributed by atoms with Gasteiger partial charge < -0.3 is 5.32 Å². The van der Waals surface area contributed by atoms with Crippen molar-refractivity contribution in [3.05, 3.63) is 16.4 Å². The third-order valence-electron chi connectivity index (χ3n) is 3.99. The lowest BCUT2D eigenvalue weighted by atomic mass is 9.75. The van der Waals surface area contributed by atoms with Gasteiger partial charge in [-0.15, -0.1) is 0 Å². The molecular formula is C13H20ClN3O. The number of Topliss-reactive ketones (excluding diaryl/α,β-unsaturated/α-hetero) is 1. The molecule has 18 heavy (non-hydrogen) atoms. The summed E-state index contributed by atoms with van der Waals surface area (Å²) in [5.74, 6) is 0.280. The van der Waals surface area contributed by atoms with Crippen molar-refractivity contribution in [1.29, 1.82) is 0 Å². The molecule has 1 aliphatic heterocycles. The zero-order chi connectivity index (χ0) is 13.3. The quantitative estimate of drug-likeness (QED) is 0.912. The van der Waals surface area contributed by atoms with E-state index in [-0.39, 0.29) is 11.2 Å². The Hall–Kier alpha value is -0.870. The fraction of sp³-hybridized carbons (Fsp3) is 0.692. The first-order valence-electron chi connectivity index (χ1n) is 6.36. The number of nitrogens with zero attached hydrogens (tertiary/aromatic N) is 2. The van der Waals surface area contributed by atoms with E-state index in [9.17, 15) is 4.79 Å². The van der Waals surface area contributed by atoms with Crippen molar-refractivity contribution < 1.29 is 4.79 Å². The van der Waals surface area contributed by atoms with Crippen LogP contribution < -0.4 is 5.32 Å². The van der Waals surface area contributed by atoms with Crippen LogP contribution in [0.5, 0.6) is 0 Å². The van der Waals surface area contributed by atoms with Crippen molar-refractivity contribution in [2.45, 2.75) is 33.1 Å². The summed E-state index contributed by atoms with van der Waals surface area (Å²) in [4.78, 5) is 12.5. The zero-order valence-corrected chi connectivity index (χ0v) is 12.0. The molecule has 0 aliphatic carbocycles. The third kappa shape index (κ3) is 2.45. The molecule has 1 aromatic rings. The molecule has 0 atom stereocenters. The summed E-state index contributed by atoms with van der Waals surface area (Å²) in [5.41, 5.74) is 1.52. The Kier molecular flexibility index (Phi) is 3.78. The van der Waals surface area contributed by atoms with Gasteiger partial charge in [0.25, 0.3) is 0 Å². The van der Waals surface area contributed by atoms with Gasteiger partial charge in [-0.3, -0.25) is 9.48 Å². The molecule has 0 amide bonds. The fourth-order valence-electron chi connectivity index (χ4n) is 2.51. The molecule has 0 radical (unpaired) electrons. The molecule has 0 saturated carbocycles. The van der Waals surface area contributed by atoms with Crippen LogP contribution in [0.1, 0.15) is 31.0 Å². The first kappa shape index (κ1) is 13.6. The maximum atomic E-state index is 12.5. The van der Waals surface area contributed by atoms with Gasteiger partial charge >= 0.3 is 0 Å². The number of nitrogens with one attached hydrogen (secondary N) is 1. The van der Waals surface area contributed by atoms with Crippen LogP contribution in [0, 0.1) is 12.3 Å². The number of carbonyl (C=O) groups excluding carboxylic acids is 1. The molecule has 1 aliphatic rings. The summed E-state index contributed by atoms with van der Waals surface area (Å²) in [6, 6.07) is 0. The van der Waals surface area contributed by atoms with Gasteiger partial charge in [-0.05, 0) is 32.9 Å². The van der Waals surface area contributed by atoms with Crippen LogP contribution in [-0.4, -0.2) is 28.7 Å². The van der Waals surface area contributed by atoms with Gasteiger partial charge in [0, 0.05) is 24.4 Å². The maximum absolute atomic E-state index is 12.5. The van der Waals surface area contributed by atoms with E-state index in [1.807, 2.05) is 6.92 Å². The Morgan fingerprint density at radius 1 is 1.50 bits per heavy atom. The highest BCUT2D eigenvalue weighted by molar-refractivity contribution is 6.30. The van der Waals surface area contributed by atoms with Crippen molar-refractivity contribution in [2.75, 3.05) is 13.1 Å². The molecule has 0 spiro atoms. The minimum Gasteiger partial charge on any atom is -0.317 e. The van der Waals surface area contributed by atoms with Gasteiger partial charge in [-0.25, -0.2) is 0 Å². The molecule has 5 heteroatoms. The Morgan fingerprint density at radius 3 is 2.61 bits per heavy atom. The summed E-state index contributed by atoms with van der Waals surface area (Å²) in [6.07, 6.45) is 2.21. The van der Waals surface area contributed by atoms with E-state index in [1.165, 1.54) is 0 Å². The monoisotopic (exact) mass is 269 g/mol. The zero-order valence-electron chi connectivity index (χ0n) is 11.2. The molecule has 0 bridgehead atoms. The second kappa shape index (κ2) is 5.02. The SMILES string of the molecule is Cc1nn(C)c(Cl)c1CC(=O)C1(C)CCNCC1. The molecule has 2 heterocycles. The Bertz CT molecular complexity index is 461. The highest BCUT2D eigenvalue weighted by Crippen LogP contribution is 2.32. The van der Waals surface area contributed by atoms with Gasteiger partial charge in [0.1, 0.15) is 10.9 Å². The minimum absolute atomic E-state index is 0.211. The molecule has 1 N–H and O–H groups in total. The van der Waals surface area contributed by atoms with E-state index < -0.39 is 0 Å². The summed E-state index contributed by atoms with van der Waals surface area (Å²) in [5, 5.41) is 8.12. The highest BCUT2D eigenvalue weighted by atomic mass is 35.5. The third-order valence-corrected chi connectivity index (χ3v) is 4.46. The molecule has 0 aromatic carbocycles. The van der Waals surface area contributed by atoms with Gasteiger partial charge in [-0.2, -0.15) is 5.10 Å². The van der Waals surface area contributed by atoms with E-state index >= 15 is 0 Å². The second-order valence-corrected chi connectivity index (χ2v) is 5.75. The van der Waals surface area contributed by atoms with E-state index in [0.29, 0.717) is 11.6 Å². The molecule has 1 saturated heterocycles. The molecule has 4 nitrogen and oxygen atoms in total. The number of ketones is 1. The van der Waals surface area contributed by atoms with E-state index in [4.69, 9.17) is 11.6 Å². The van der Waals surface area contributed by atoms with Crippen molar-refractivity contribution in [3.63, 3.8) is 0 Å². The molecule has 100 valence electrons. The number of hydrogen-bond acceptors (Lipinski definition) is 3. The number of halogens is 1. The summed E-state index contributed by atoms with van der Waals surface area (Å²) in [6.45, 7) is 5.80. The average molecular weight is 270 g/mol. The largest absolute Gasteiger partial charge is 0.317 e. The van der Waals surface area contributed by atoms with E-state index in [0.717, 1.165) is 37.2 Å². The number of aromatic nitrogens is 2. The molecule has 0 unspecified atom stereocenters. The average Bonchev–Trinajstić information content (AvgIpc) is 2.57. The first-order valence-corrected chi connectivity index (χ1v) is 6.74. The van der Waals surface area contributed by atoms with Gasteiger partial charge in [0.05, 0.1) is 5.69 Å². The maximum Gasteiger partial charge on any atom is 0.143 e. The normalized spacial score (nSPS) is 18.9. The topological polar surface area (TPSA) is 46.9 Å². The Balaban J connectivity index is 2.16. The van der Waals surface area contributed by atoms with Gasteiger partial charge in [-0.1, -0.05) is 18.5 Å². The number of carbonyl (C=O) groups is 1. The lowest BCUT2D eigenvalue weighted by Gasteiger charge is -2.32.